The number of aliphatic hydroxyl groups is 1. The Morgan fingerprint density at radius 3 is 2.81 bits per heavy atom. The Morgan fingerprint density at radius 1 is 1.62 bits per heavy atom. The number of carbonyl (C=O) groups is 1. The fourth-order valence-corrected chi connectivity index (χ4v) is 2.41. The average molecular weight is 242 g/mol. The third-order valence-electron chi connectivity index (χ3n) is 2.71. The Kier molecular flexibility index (Phi) is 3.06. The molecule has 2 rings (SSSR count). The molecule has 0 bridgehead atoms. The maximum absolute atomic E-state index is 11.8. The number of hydrogen-bond donors (Lipinski definition) is 2. The van der Waals surface area contributed by atoms with E-state index < -0.39 is 0 Å². The predicted molar refractivity (Wildman–Crippen MR) is 60.0 cm³/mol. The first-order chi connectivity index (χ1) is 7.56. The molecule has 1 heterocycles. The fraction of sp³-hybridized carbons (Fsp3) is 0.667. The van der Waals surface area contributed by atoms with E-state index >= 15 is 0 Å². The molecule has 0 spiro atoms. The van der Waals surface area contributed by atoms with Crippen LogP contribution in [0.5, 0.6) is 0 Å². The molecule has 0 aromatic carbocycles. The molecule has 3 N–H and O–H groups in total. The van der Waals surface area contributed by atoms with Gasteiger partial charge < -0.3 is 15.7 Å². The quantitative estimate of drug-likeness (QED) is 0.776. The van der Waals surface area contributed by atoms with Crippen molar-refractivity contribution in [1.29, 1.82) is 0 Å². The van der Waals surface area contributed by atoms with Gasteiger partial charge in [0.15, 0.2) is 0 Å². The lowest BCUT2D eigenvalue weighted by atomic mass is 9.82. The van der Waals surface area contributed by atoms with Gasteiger partial charge >= 0.3 is 0 Å². The van der Waals surface area contributed by atoms with Gasteiger partial charge in [-0.1, -0.05) is 11.3 Å². The Balaban J connectivity index is 1.89. The van der Waals surface area contributed by atoms with Crippen LogP contribution in [0, 0.1) is 5.92 Å². The van der Waals surface area contributed by atoms with Crippen LogP contribution in [0.25, 0.3) is 0 Å². The standard InChI is InChI=1S/C9H14N4O2S/c1-13(4-5-2-6(14)3-5)8(15)7-11-12-9(10)16-7/h5-6,14H,2-4H2,1H3,(H2,10,12). The number of nitrogens with zero attached hydrogens (tertiary/aromatic N) is 3. The van der Waals surface area contributed by atoms with Crippen LogP contribution in [0.15, 0.2) is 0 Å². The van der Waals surface area contributed by atoms with Gasteiger partial charge in [-0.25, -0.2) is 0 Å². The van der Waals surface area contributed by atoms with Crippen LogP contribution in [-0.4, -0.2) is 45.8 Å². The lowest BCUT2D eigenvalue weighted by molar-refractivity contribution is 0.0265. The van der Waals surface area contributed by atoms with Crippen LogP contribution in [0.4, 0.5) is 5.13 Å². The summed E-state index contributed by atoms with van der Waals surface area (Å²) in [6, 6.07) is 0. The fourth-order valence-electron chi connectivity index (χ4n) is 1.80. The molecule has 1 aromatic rings. The van der Waals surface area contributed by atoms with Crippen molar-refractivity contribution in [3.63, 3.8) is 0 Å². The Hall–Kier alpha value is -1.21. The summed E-state index contributed by atoms with van der Waals surface area (Å²) in [4.78, 5) is 13.4. The minimum absolute atomic E-state index is 0.157. The van der Waals surface area contributed by atoms with Gasteiger partial charge in [0.2, 0.25) is 10.1 Å². The summed E-state index contributed by atoms with van der Waals surface area (Å²) in [6.45, 7) is 0.648. The topological polar surface area (TPSA) is 92.3 Å². The zero-order chi connectivity index (χ0) is 11.7. The SMILES string of the molecule is CN(CC1CC(O)C1)C(=O)c1nnc(N)s1. The highest BCUT2D eigenvalue weighted by Crippen LogP contribution is 2.28. The molecule has 0 atom stereocenters. The number of rotatable bonds is 3. The number of aromatic nitrogens is 2. The molecule has 88 valence electrons. The van der Waals surface area contributed by atoms with E-state index in [2.05, 4.69) is 10.2 Å². The third-order valence-corrected chi connectivity index (χ3v) is 3.45. The zero-order valence-electron chi connectivity index (χ0n) is 8.96. The molecule has 0 aliphatic heterocycles. The van der Waals surface area contributed by atoms with E-state index in [4.69, 9.17) is 10.8 Å². The molecular formula is C9H14N4O2S. The second kappa shape index (κ2) is 4.34. The Bertz CT molecular complexity index is 389. The molecule has 7 heteroatoms. The van der Waals surface area contributed by atoms with Crippen LogP contribution in [0.3, 0.4) is 0 Å². The minimum atomic E-state index is -0.189. The van der Waals surface area contributed by atoms with Crippen LogP contribution >= 0.6 is 11.3 Å². The third kappa shape index (κ3) is 2.30. The largest absolute Gasteiger partial charge is 0.393 e. The van der Waals surface area contributed by atoms with Crippen molar-refractivity contribution in [2.75, 3.05) is 19.3 Å². The number of nitrogens with two attached hydrogens (primary N) is 1. The van der Waals surface area contributed by atoms with Crippen molar-refractivity contribution >= 4 is 22.4 Å². The van der Waals surface area contributed by atoms with Crippen molar-refractivity contribution in [2.45, 2.75) is 18.9 Å². The molecular weight excluding hydrogens is 228 g/mol. The molecule has 0 saturated heterocycles. The van der Waals surface area contributed by atoms with Gasteiger partial charge in [-0.15, -0.1) is 10.2 Å². The number of aliphatic hydroxyl groups excluding tert-OH is 1. The first-order valence-electron chi connectivity index (χ1n) is 5.08. The van der Waals surface area contributed by atoms with Crippen LogP contribution in [0.2, 0.25) is 0 Å². The van der Waals surface area contributed by atoms with E-state index in [-0.39, 0.29) is 12.0 Å². The molecule has 0 unspecified atom stereocenters. The number of nitrogen functional groups attached to an aromatic ring is 1. The highest BCUT2D eigenvalue weighted by Gasteiger charge is 2.29. The number of anilines is 1. The van der Waals surface area contributed by atoms with Crippen LogP contribution in [0.1, 0.15) is 22.6 Å². The van der Waals surface area contributed by atoms with E-state index in [0.29, 0.717) is 22.6 Å². The highest BCUT2D eigenvalue weighted by molar-refractivity contribution is 7.16. The van der Waals surface area contributed by atoms with Crippen LogP contribution in [-0.2, 0) is 0 Å². The van der Waals surface area contributed by atoms with Crippen molar-refractivity contribution in [2.24, 2.45) is 5.92 Å². The molecule has 1 fully saturated rings. The van der Waals surface area contributed by atoms with Gasteiger partial charge in [-0.05, 0) is 18.8 Å². The second-order valence-electron chi connectivity index (χ2n) is 4.12. The average Bonchev–Trinajstić information content (AvgIpc) is 2.61. The van der Waals surface area contributed by atoms with E-state index in [9.17, 15) is 4.79 Å². The molecule has 1 aliphatic carbocycles. The highest BCUT2D eigenvalue weighted by atomic mass is 32.1. The van der Waals surface area contributed by atoms with E-state index in [1.165, 1.54) is 0 Å². The van der Waals surface area contributed by atoms with Crippen molar-refractivity contribution < 1.29 is 9.90 Å². The second-order valence-corrected chi connectivity index (χ2v) is 5.13. The monoisotopic (exact) mass is 242 g/mol. The van der Waals surface area contributed by atoms with Crippen molar-refractivity contribution in [1.82, 2.24) is 15.1 Å². The summed E-state index contributed by atoms with van der Waals surface area (Å²) < 4.78 is 0. The predicted octanol–water partition coefficient (Wildman–Crippen LogP) is -0.0368. The van der Waals surface area contributed by atoms with Gasteiger partial charge in [-0.2, -0.15) is 0 Å². The number of hydrogen-bond acceptors (Lipinski definition) is 6. The maximum Gasteiger partial charge on any atom is 0.284 e. The molecule has 1 amide bonds. The smallest absolute Gasteiger partial charge is 0.284 e. The zero-order valence-corrected chi connectivity index (χ0v) is 9.78. The lowest BCUT2D eigenvalue weighted by Gasteiger charge is -2.34. The van der Waals surface area contributed by atoms with Gasteiger partial charge in [0.05, 0.1) is 6.10 Å². The van der Waals surface area contributed by atoms with Gasteiger partial charge in [0, 0.05) is 13.6 Å². The van der Waals surface area contributed by atoms with E-state index in [1.54, 1.807) is 11.9 Å². The van der Waals surface area contributed by atoms with Gasteiger partial charge in [-0.3, -0.25) is 4.79 Å². The summed E-state index contributed by atoms with van der Waals surface area (Å²) in [6.07, 6.45) is 1.36. The van der Waals surface area contributed by atoms with Gasteiger partial charge in [0.25, 0.3) is 5.91 Å². The van der Waals surface area contributed by atoms with Gasteiger partial charge in [0.1, 0.15) is 0 Å². The Morgan fingerprint density at radius 2 is 2.31 bits per heavy atom. The molecule has 1 saturated carbocycles. The van der Waals surface area contributed by atoms with Crippen molar-refractivity contribution in [3.05, 3.63) is 5.01 Å². The molecule has 6 nitrogen and oxygen atoms in total. The van der Waals surface area contributed by atoms with E-state index in [1.807, 2.05) is 0 Å². The maximum atomic E-state index is 11.8. The Labute approximate surface area is 97.1 Å². The van der Waals surface area contributed by atoms with Crippen LogP contribution < -0.4 is 5.73 Å². The molecule has 1 aromatic heterocycles. The normalized spacial score (nSPS) is 23.9. The molecule has 1 aliphatic rings. The van der Waals surface area contributed by atoms with Crippen molar-refractivity contribution in [3.8, 4) is 0 Å². The summed E-state index contributed by atoms with van der Waals surface area (Å²) in [7, 11) is 1.73. The number of amides is 1. The van der Waals surface area contributed by atoms with E-state index in [0.717, 1.165) is 24.2 Å². The number of carbonyl (C=O) groups excluding carboxylic acids is 1. The first-order valence-corrected chi connectivity index (χ1v) is 5.90. The summed E-state index contributed by atoms with van der Waals surface area (Å²) >= 11 is 1.09. The molecule has 16 heavy (non-hydrogen) atoms. The molecule has 0 radical (unpaired) electrons. The summed E-state index contributed by atoms with van der Waals surface area (Å²) in [5.41, 5.74) is 5.41. The minimum Gasteiger partial charge on any atom is -0.393 e. The summed E-state index contributed by atoms with van der Waals surface area (Å²) in [5, 5.41) is 17.1. The lowest BCUT2D eigenvalue weighted by Crippen LogP contribution is -2.39. The first kappa shape index (κ1) is 11.3. The summed E-state index contributed by atoms with van der Waals surface area (Å²) in [5.74, 6) is 0.241.